The average Bonchev–Trinajstić information content (AvgIpc) is 2.75. The molecule has 0 fully saturated rings. The van der Waals surface area contributed by atoms with Crippen molar-refractivity contribution < 1.29 is 9.53 Å². The fourth-order valence-corrected chi connectivity index (χ4v) is 3.34. The minimum Gasteiger partial charge on any atom is -0.494 e. The Morgan fingerprint density at radius 1 is 0.839 bits per heavy atom. The van der Waals surface area contributed by atoms with E-state index in [1.165, 1.54) is 11.1 Å². The quantitative estimate of drug-likeness (QED) is 0.408. The first-order valence-electron chi connectivity index (χ1n) is 10.8. The number of urea groups is 1. The first-order chi connectivity index (χ1) is 14.8. The standard InChI is InChI=1S/C27H32N2O2/c1-20(2)21-10-16-25(17-11-21)31-19-18-27(3,4)22-12-14-24(15-13-22)29-26(30)28-23-8-6-5-7-9-23/h5-17,20H,18-19H2,1-4H3,(H2,28,29,30). The lowest BCUT2D eigenvalue weighted by Crippen LogP contribution is -2.21. The van der Waals surface area contributed by atoms with Crippen molar-refractivity contribution in [3.63, 3.8) is 0 Å². The second kappa shape index (κ2) is 10.2. The Kier molecular flexibility index (Phi) is 7.35. The molecule has 0 aliphatic heterocycles. The number of carbonyl (C=O) groups is 1. The molecule has 3 rings (SSSR count). The third-order valence-corrected chi connectivity index (χ3v) is 5.50. The lowest BCUT2D eigenvalue weighted by Gasteiger charge is -2.25. The maximum atomic E-state index is 12.2. The van der Waals surface area contributed by atoms with Crippen molar-refractivity contribution in [3.8, 4) is 5.75 Å². The van der Waals surface area contributed by atoms with Crippen molar-refractivity contribution in [2.45, 2.75) is 45.4 Å². The normalized spacial score (nSPS) is 11.3. The molecule has 0 spiro atoms. The smallest absolute Gasteiger partial charge is 0.323 e. The van der Waals surface area contributed by atoms with Gasteiger partial charge in [0.1, 0.15) is 5.75 Å². The van der Waals surface area contributed by atoms with Gasteiger partial charge in [0.2, 0.25) is 0 Å². The van der Waals surface area contributed by atoms with Crippen molar-refractivity contribution in [1.82, 2.24) is 0 Å². The number of anilines is 2. The molecule has 0 unspecified atom stereocenters. The Morgan fingerprint density at radius 2 is 1.42 bits per heavy atom. The summed E-state index contributed by atoms with van der Waals surface area (Å²) in [6.45, 7) is 9.45. The Balaban J connectivity index is 1.51. The van der Waals surface area contributed by atoms with Crippen LogP contribution in [0.1, 0.15) is 51.2 Å². The number of para-hydroxylation sites is 1. The Labute approximate surface area is 185 Å². The SMILES string of the molecule is CC(C)c1ccc(OCCC(C)(C)c2ccc(NC(=O)Nc3ccccc3)cc2)cc1. The summed E-state index contributed by atoms with van der Waals surface area (Å²) in [6.07, 6.45) is 0.889. The third kappa shape index (κ3) is 6.61. The molecule has 0 saturated heterocycles. The number of rotatable bonds is 8. The zero-order valence-electron chi connectivity index (χ0n) is 18.8. The fourth-order valence-electron chi connectivity index (χ4n) is 3.34. The van der Waals surface area contributed by atoms with Crippen molar-refractivity contribution in [1.29, 1.82) is 0 Å². The van der Waals surface area contributed by atoms with Crippen molar-refractivity contribution in [3.05, 3.63) is 90.0 Å². The maximum absolute atomic E-state index is 12.2. The number of amides is 2. The molecule has 0 bridgehead atoms. The lowest BCUT2D eigenvalue weighted by atomic mass is 9.82. The molecule has 4 heteroatoms. The number of benzene rings is 3. The van der Waals surface area contributed by atoms with Crippen molar-refractivity contribution in [2.75, 3.05) is 17.2 Å². The van der Waals surface area contributed by atoms with Crippen molar-refractivity contribution >= 4 is 17.4 Å². The molecule has 0 aromatic heterocycles. The number of nitrogens with one attached hydrogen (secondary N) is 2. The van der Waals surface area contributed by atoms with Crippen LogP contribution < -0.4 is 15.4 Å². The van der Waals surface area contributed by atoms with Gasteiger partial charge in [0, 0.05) is 11.4 Å². The number of hydrogen-bond donors (Lipinski definition) is 2. The summed E-state index contributed by atoms with van der Waals surface area (Å²) in [7, 11) is 0. The summed E-state index contributed by atoms with van der Waals surface area (Å²) < 4.78 is 5.97. The van der Waals surface area contributed by atoms with E-state index in [1.807, 2.05) is 54.6 Å². The van der Waals surface area contributed by atoms with Gasteiger partial charge in [-0.2, -0.15) is 0 Å². The lowest BCUT2D eigenvalue weighted by molar-refractivity contribution is 0.262. The number of ether oxygens (including phenoxy) is 1. The minimum atomic E-state index is -0.255. The molecule has 162 valence electrons. The average molecular weight is 417 g/mol. The fraction of sp³-hybridized carbons (Fsp3) is 0.296. The van der Waals surface area contributed by atoms with Gasteiger partial charge in [-0.1, -0.05) is 70.2 Å². The molecule has 3 aromatic carbocycles. The van der Waals surface area contributed by atoms with Crippen LogP contribution >= 0.6 is 0 Å². The van der Waals surface area contributed by atoms with Crippen LogP contribution in [-0.4, -0.2) is 12.6 Å². The van der Waals surface area contributed by atoms with Crippen LogP contribution in [-0.2, 0) is 5.41 Å². The topological polar surface area (TPSA) is 50.4 Å². The van der Waals surface area contributed by atoms with E-state index in [4.69, 9.17) is 4.74 Å². The Morgan fingerprint density at radius 3 is 2.00 bits per heavy atom. The highest BCUT2D eigenvalue weighted by molar-refractivity contribution is 5.99. The third-order valence-electron chi connectivity index (χ3n) is 5.50. The van der Waals surface area contributed by atoms with Gasteiger partial charge in [0.15, 0.2) is 0 Å². The highest BCUT2D eigenvalue weighted by Gasteiger charge is 2.20. The van der Waals surface area contributed by atoms with Crippen molar-refractivity contribution in [2.24, 2.45) is 0 Å². The summed E-state index contributed by atoms with van der Waals surface area (Å²) >= 11 is 0. The van der Waals surface area contributed by atoms with E-state index in [-0.39, 0.29) is 11.4 Å². The van der Waals surface area contributed by atoms with Crippen LogP contribution in [0.3, 0.4) is 0 Å². The van der Waals surface area contributed by atoms with Crippen LogP contribution in [0.15, 0.2) is 78.9 Å². The van der Waals surface area contributed by atoms with E-state index in [1.54, 1.807) is 0 Å². The molecular weight excluding hydrogens is 384 g/mol. The molecule has 3 aromatic rings. The number of carbonyl (C=O) groups excluding carboxylic acids is 1. The summed E-state index contributed by atoms with van der Waals surface area (Å²) in [4.78, 5) is 12.2. The number of hydrogen-bond acceptors (Lipinski definition) is 2. The second-order valence-corrected chi connectivity index (χ2v) is 8.73. The summed E-state index contributed by atoms with van der Waals surface area (Å²) in [5.74, 6) is 1.43. The van der Waals surface area contributed by atoms with Gasteiger partial charge in [-0.3, -0.25) is 0 Å². The Hall–Kier alpha value is -3.27. The van der Waals surface area contributed by atoms with Crippen LogP contribution in [0.4, 0.5) is 16.2 Å². The highest BCUT2D eigenvalue weighted by atomic mass is 16.5. The van der Waals surface area contributed by atoms with Gasteiger partial charge in [-0.15, -0.1) is 0 Å². The monoisotopic (exact) mass is 416 g/mol. The maximum Gasteiger partial charge on any atom is 0.323 e. The molecule has 2 amide bonds. The largest absolute Gasteiger partial charge is 0.494 e. The van der Waals surface area contributed by atoms with Gasteiger partial charge >= 0.3 is 6.03 Å². The molecule has 0 aliphatic rings. The van der Waals surface area contributed by atoms with Crippen LogP contribution in [0, 0.1) is 0 Å². The van der Waals surface area contributed by atoms with E-state index in [9.17, 15) is 4.79 Å². The summed E-state index contributed by atoms with van der Waals surface area (Å²) in [5, 5.41) is 5.69. The second-order valence-electron chi connectivity index (χ2n) is 8.73. The molecule has 2 N–H and O–H groups in total. The summed E-state index contributed by atoms with van der Waals surface area (Å²) in [6, 6.07) is 25.5. The molecule has 0 heterocycles. The molecule has 31 heavy (non-hydrogen) atoms. The van der Waals surface area contributed by atoms with Gasteiger partial charge in [0.25, 0.3) is 0 Å². The molecule has 4 nitrogen and oxygen atoms in total. The van der Waals surface area contributed by atoms with E-state index < -0.39 is 0 Å². The zero-order valence-corrected chi connectivity index (χ0v) is 18.8. The highest BCUT2D eigenvalue weighted by Crippen LogP contribution is 2.28. The van der Waals surface area contributed by atoms with Gasteiger partial charge in [-0.25, -0.2) is 4.79 Å². The molecule has 0 saturated carbocycles. The minimum absolute atomic E-state index is 0.0390. The predicted octanol–water partition coefficient (Wildman–Crippen LogP) is 7.20. The van der Waals surface area contributed by atoms with Crippen LogP contribution in [0.25, 0.3) is 0 Å². The predicted molar refractivity (Wildman–Crippen MR) is 129 cm³/mol. The molecular formula is C27H32N2O2. The van der Waals surface area contributed by atoms with E-state index in [2.05, 4.69) is 62.6 Å². The molecule has 0 aliphatic carbocycles. The first-order valence-corrected chi connectivity index (χ1v) is 10.8. The van der Waals surface area contributed by atoms with E-state index in [0.717, 1.165) is 23.5 Å². The van der Waals surface area contributed by atoms with E-state index in [0.29, 0.717) is 12.5 Å². The van der Waals surface area contributed by atoms with Gasteiger partial charge in [-0.05, 0) is 65.3 Å². The zero-order chi connectivity index (χ0) is 22.3. The molecule has 0 atom stereocenters. The molecule has 0 radical (unpaired) electrons. The van der Waals surface area contributed by atoms with Crippen LogP contribution in [0.5, 0.6) is 5.75 Å². The van der Waals surface area contributed by atoms with Crippen LogP contribution in [0.2, 0.25) is 0 Å². The Bertz CT molecular complexity index is 962. The first kappa shape index (κ1) is 22.4. The van der Waals surface area contributed by atoms with E-state index >= 15 is 0 Å². The summed E-state index contributed by atoms with van der Waals surface area (Å²) in [5.41, 5.74) is 4.01. The van der Waals surface area contributed by atoms with Gasteiger partial charge < -0.3 is 15.4 Å². The van der Waals surface area contributed by atoms with Gasteiger partial charge in [0.05, 0.1) is 6.61 Å².